The highest BCUT2D eigenvalue weighted by molar-refractivity contribution is 5.98. The molecule has 0 saturated heterocycles. The zero-order valence-corrected chi connectivity index (χ0v) is 10.2. The molecule has 5 nitrogen and oxygen atoms in total. The van der Waals surface area contributed by atoms with Crippen molar-refractivity contribution in [3.63, 3.8) is 0 Å². The minimum Gasteiger partial charge on any atom is -0.543 e. The Balaban J connectivity index is 2.35. The van der Waals surface area contributed by atoms with Crippen molar-refractivity contribution in [3.8, 4) is 11.1 Å². The number of carboxylic acid groups (broad SMARTS) is 1. The summed E-state index contributed by atoms with van der Waals surface area (Å²) in [5.74, 6) is -1.28. The lowest BCUT2D eigenvalue weighted by Crippen LogP contribution is -2.23. The van der Waals surface area contributed by atoms with Crippen LogP contribution in [0, 0.1) is 0 Å². The molecule has 5 heteroatoms. The summed E-state index contributed by atoms with van der Waals surface area (Å²) >= 11 is 0. The fraction of sp³-hybridized carbons (Fsp3) is 0.0714. The van der Waals surface area contributed by atoms with Gasteiger partial charge in [-0.2, -0.15) is 5.10 Å². The number of aromatic nitrogens is 3. The Morgan fingerprint density at radius 1 is 1.32 bits per heavy atom. The van der Waals surface area contributed by atoms with Crippen molar-refractivity contribution in [1.82, 2.24) is 14.8 Å². The van der Waals surface area contributed by atoms with Gasteiger partial charge >= 0.3 is 0 Å². The van der Waals surface area contributed by atoms with Crippen LogP contribution >= 0.6 is 0 Å². The molecule has 2 heterocycles. The average Bonchev–Trinajstić information content (AvgIpc) is 2.84. The molecule has 0 aliphatic carbocycles. The zero-order valence-electron chi connectivity index (χ0n) is 10.2. The van der Waals surface area contributed by atoms with Crippen LogP contribution in [-0.4, -0.2) is 20.7 Å². The predicted molar refractivity (Wildman–Crippen MR) is 68.3 cm³/mol. The molecule has 0 unspecified atom stereocenters. The average molecular weight is 252 g/mol. The highest BCUT2D eigenvalue weighted by Crippen LogP contribution is 2.28. The molecule has 0 aliphatic rings. The zero-order chi connectivity index (χ0) is 13.4. The second-order valence-electron chi connectivity index (χ2n) is 4.26. The number of benzene rings is 1. The Bertz CT molecular complexity index is 777. The van der Waals surface area contributed by atoms with Crippen molar-refractivity contribution < 1.29 is 9.90 Å². The second kappa shape index (κ2) is 4.20. The molecular formula is C14H10N3O2-. The number of rotatable bonds is 2. The number of aryl methyl sites for hydroxylation is 1. The van der Waals surface area contributed by atoms with Gasteiger partial charge in [0.25, 0.3) is 0 Å². The van der Waals surface area contributed by atoms with E-state index >= 15 is 0 Å². The molecule has 19 heavy (non-hydrogen) atoms. The Kier molecular flexibility index (Phi) is 2.52. The van der Waals surface area contributed by atoms with Crippen molar-refractivity contribution >= 4 is 16.9 Å². The monoisotopic (exact) mass is 252 g/mol. The Morgan fingerprint density at radius 3 is 2.79 bits per heavy atom. The van der Waals surface area contributed by atoms with E-state index in [1.54, 1.807) is 16.9 Å². The summed E-state index contributed by atoms with van der Waals surface area (Å²) in [7, 11) is 1.81. The molecule has 0 fully saturated rings. The Labute approximate surface area is 109 Å². The van der Waals surface area contributed by atoms with Crippen molar-refractivity contribution in [2.24, 2.45) is 7.05 Å². The maximum atomic E-state index is 11.0. The highest BCUT2D eigenvalue weighted by atomic mass is 16.4. The molecule has 1 aromatic carbocycles. The smallest absolute Gasteiger partial charge is 0.0900 e. The van der Waals surface area contributed by atoms with Gasteiger partial charge in [0.15, 0.2) is 0 Å². The minimum atomic E-state index is -1.28. The van der Waals surface area contributed by atoms with Crippen molar-refractivity contribution in [3.05, 3.63) is 48.4 Å². The maximum absolute atomic E-state index is 11.0. The van der Waals surface area contributed by atoms with E-state index < -0.39 is 5.97 Å². The first kappa shape index (κ1) is 11.4. The van der Waals surface area contributed by atoms with E-state index in [4.69, 9.17) is 0 Å². The van der Waals surface area contributed by atoms with Gasteiger partial charge in [0.2, 0.25) is 0 Å². The van der Waals surface area contributed by atoms with Crippen LogP contribution in [0.3, 0.4) is 0 Å². The molecule has 0 atom stereocenters. The van der Waals surface area contributed by atoms with Gasteiger partial charge in [-0.05, 0) is 17.7 Å². The largest absolute Gasteiger partial charge is 0.543 e. The van der Waals surface area contributed by atoms with Crippen LogP contribution in [0.1, 0.15) is 10.5 Å². The topological polar surface area (TPSA) is 70.8 Å². The summed E-state index contributed by atoms with van der Waals surface area (Å²) in [5.41, 5.74) is 2.20. The van der Waals surface area contributed by atoms with E-state index in [2.05, 4.69) is 10.1 Å². The predicted octanol–water partition coefficient (Wildman–Crippen LogP) is 0.999. The van der Waals surface area contributed by atoms with E-state index in [0.717, 1.165) is 16.5 Å². The number of nitrogens with zero attached hydrogens (tertiary/aromatic N) is 3. The van der Waals surface area contributed by atoms with Gasteiger partial charge < -0.3 is 9.90 Å². The molecule has 0 saturated carbocycles. The summed E-state index contributed by atoms with van der Waals surface area (Å²) in [6, 6.07) is 8.92. The van der Waals surface area contributed by atoms with E-state index in [1.807, 2.05) is 31.4 Å². The Morgan fingerprint density at radius 2 is 2.11 bits per heavy atom. The van der Waals surface area contributed by atoms with Gasteiger partial charge in [0.05, 0.1) is 23.4 Å². The molecule has 0 aliphatic heterocycles. The van der Waals surface area contributed by atoms with Crippen LogP contribution in [0.4, 0.5) is 0 Å². The summed E-state index contributed by atoms with van der Waals surface area (Å²) in [6.45, 7) is 0. The van der Waals surface area contributed by atoms with E-state index in [-0.39, 0.29) is 5.69 Å². The number of carboxylic acids is 1. The highest BCUT2D eigenvalue weighted by Gasteiger charge is 2.09. The first-order valence-corrected chi connectivity index (χ1v) is 5.75. The quantitative estimate of drug-likeness (QED) is 0.682. The summed E-state index contributed by atoms with van der Waals surface area (Å²) in [6.07, 6.45) is 3.53. The van der Waals surface area contributed by atoms with Crippen molar-refractivity contribution in [2.45, 2.75) is 0 Å². The molecule has 0 spiro atoms. The van der Waals surface area contributed by atoms with Crippen LogP contribution in [0.25, 0.3) is 22.0 Å². The fourth-order valence-corrected chi connectivity index (χ4v) is 2.08. The van der Waals surface area contributed by atoms with Crippen LogP contribution in [0.2, 0.25) is 0 Å². The molecule has 3 rings (SSSR count). The number of carbonyl (C=O) groups excluding carboxylic acids is 1. The molecule has 3 aromatic rings. The summed E-state index contributed by atoms with van der Waals surface area (Å²) in [4.78, 5) is 15.1. The van der Waals surface area contributed by atoms with Crippen LogP contribution < -0.4 is 5.11 Å². The molecule has 0 radical (unpaired) electrons. The number of fused-ring (bicyclic) bond motifs is 1. The van der Waals surface area contributed by atoms with Gasteiger partial charge in [-0.3, -0.25) is 4.68 Å². The minimum absolute atomic E-state index is 0.0717. The maximum Gasteiger partial charge on any atom is 0.0900 e. The van der Waals surface area contributed by atoms with Crippen LogP contribution in [-0.2, 0) is 7.05 Å². The van der Waals surface area contributed by atoms with Crippen LogP contribution in [0.15, 0.2) is 42.7 Å². The van der Waals surface area contributed by atoms with Gasteiger partial charge in [0.1, 0.15) is 0 Å². The lowest BCUT2D eigenvalue weighted by molar-refractivity contribution is -0.255. The summed E-state index contributed by atoms with van der Waals surface area (Å²) in [5, 5.41) is 16.0. The molecule has 0 amide bonds. The fourth-order valence-electron chi connectivity index (χ4n) is 2.08. The molecular weight excluding hydrogens is 242 g/mol. The number of hydrogen-bond acceptors (Lipinski definition) is 4. The summed E-state index contributed by atoms with van der Waals surface area (Å²) < 4.78 is 1.67. The van der Waals surface area contributed by atoms with Crippen molar-refractivity contribution in [2.75, 3.05) is 0 Å². The Hall–Kier alpha value is -2.69. The van der Waals surface area contributed by atoms with Crippen LogP contribution in [0.5, 0.6) is 0 Å². The second-order valence-corrected chi connectivity index (χ2v) is 4.26. The standard InChI is InChI=1S/C14H11N3O2/c1-17-8-9(7-15-17)11-6-13(14(18)19)16-12-5-3-2-4-10(11)12/h2-8H,1H3,(H,18,19)/p-1. The lowest BCUT2D eigenvalue weighted by Gasteiger charge is -2.08. The molecule has 94 valence electrons. The molecule has 2 aromatic heterocycles. The normalized spacial score (nSPS) is 10.8. The van der Waals surface area contributed by atoms with Gasteiger partial charge in [0, 0.05) is 24.2 Å². The number of carbonyl (C=O) groups is 1. The third kappa shape index (κ3) is 1.95. The molecule has 0 N–H and O–H groups in total. The van der Waals surface area contributed by atoms with Gasteiger partial charge in [-0.1, -0.05) is 18.2 Å². The van der Waals surface area contributed by atoms with E-state index in [9.17, 15) is 9.90 Å². The van der Waals surface area contributed by atoms with Gasteiger partial charge in [-0.25, -0.2) is 4.98 Å². The number of aromatic carboxylic acids is 1. The lowest BCUT2D eigenvalue weighted by atomic mass is 10.0. The number of pyridine rings is 1. The third-order valence-corrected chi connectivity index (χ3v) is 2.94. The third-order valence-electron chi connectivity index (χ3n) is 2.94. The first-order chi connectivity index (χ1) is 9.15. The number of para-hydroxylation sites is 1. The SMILES string of the molecule is Cn1cc(-c2cc(C(=O)[O-])nc3ccccc23)cn1. The number of hydrogen-bond donors (Lipinski definition) is 0. The first-order valence-electron chi connectivity index (χ1n) is 5.75. The van der Waals surface area contributed by atoms with Gasteiger partial charge in [-0.15, -0.1) is 0 Å². The van der Waals surface area contributed by atoms with E-state index in [0.29, 0.717) is 5.52 Å². The molecule has 0 bridgehead atoms. The van der Waals surface area contributed by atoms with E-state index in [1.165, 1.54) is 6.07 Å². The van der Waals surface area contributed by atoms with Crippen molar-refractivity contribution in [1.29, 1.82) is 0 Å².